The molecule has 0 aliphatic heterocycles. The molecular formula is C13H14F3N3O5S. The Balaban J connectivity index is 2.79. The minimum atomic E-state index is -5.99. The van der Waals surface area contributed by atoms with E-state index in [0.717, 1.165) is 0 Å². The molecule has 8 nitrogen and oxygen atoms in total. The number of hydrogen-bond acceptors (Lipinski definition) is 6. The molecule has 2 rings (SSSR count). The van der Waals surface area contributed by atoms with Crippen molar-refractivity contribution in [3.63, 3.8) is 0 Å². The summed E-state index contributed by atoms with van der Waals surface area (Å²) in [6, 6.07) is 0.621. The van der Waals surface area contributed by atoms with Gasteiger partial charge in [-0.1, -0.05) is 0 Å². The molecule has 0 aromatic carbocycles. The summed E-state index contributed by atoms with van der Waals surface area (Å²) in [5, 5.41) is 13.5. The molecule has 0 radical (unpaired) electrons. The number of aromatic carboxylic acids is 1. The lowest BCUT2D eigenvalue weighted by Crippen LogP contribution is -2.28. The van der Waals surface area contributed by atoms with Crippen molar-refractivity contribution in [3.05, 3.63) is 17.3 Å². The molecule has 138 valence electrons. The van der Waals surface area contributed by atoms with Gasteiger partial charge in [-0.25, -0.2) is 9.48 Å². The van der Waals surface area contributed by atoms with Gasteiger partial charge < -0.3 is 9.29 Å². The molecule has 1 N–H and O–H groups in total. The lowest BCUT2D eigenvalue weighted by Gasteiger charge is -2.20. The van der Waals surface area contributed by atoms with Crippen molar-refractivity contribution >= 4 is 27.1 Å². The van der Waals surface area contributed by atoms with Gasteiger partial charge in [-0.3, -0.25) is 0 Å². The fourth-order valence-corrected chi connectivity index (χ4v) is 2.51. The van der Waals surface area contributed by atoms with E-state index in [1.165, 1.54) is 11.6 Å². The Hall–Kier alpha value is -2.37. The van der Waals surface area contributed by atoms with Crippen LogP contribution in [0.3, 0.4) is 0 Å². The number of aromatic nitrogens is 3. The molecule has 2 aromatic heterocycles. The lowest BCUT2D eigenvalue weighted by molar-refractivity contribution is -0.0501. The van der Waals surface area contributed by atoms with Crippen molar-refractivity contribution in [3.8, 4) is 5.88 Å². The Morgan fingerprint density at radius 1 is 1.28 bits per heavy atom. The van der Waals surface area contributed by atoms with Gasteiger partial charge in [0, 0.05) is 6.07 Å². The summed E-state index contributed by atoms with van der Waals surface area (Å²) in [6.07, 6.45) is 0. The lowest BCUT2D eigenvalue weighted by atomic mass is 10.1. The highest BCUT2D eigenvalue weighted by Crippen LogP contribution is 2.31. The van der Waals surface area contributed by atoms with Gasteiger partial charge >= 0.3 is 21.6 Å². The first kappa shape index (κ1) is 19.0. The molecular weight excluding hydrogens is 367 g/mol. The van der Waals surface area contributed by atoms with E-state index in [0.29, 0.717) is 6.07 Å². The van der Waals surface area contributed by atoms with Gasteiger partial charge in [0.25, 0.3) is 0 Å². The van der Waals surface area contributed by atoms with Crippen LogP contribution in [0, 0.1) is 6.92 Å². The van der Waals surface area contributed by atoms with Crippen LogP contribution in [0.4, 0.5) is 13.2 Å². The molecule has 0 aliphatic rings. The maximum atomic E-state index is 12.5. The molecule has 0 spiro atoms. The average molecular weight is 381 g/mol. The van der Waals surface area contributed by atoms with E-state index < -0.39 is 38.6 Å². The summed E-state index contributed by atoms with van der Waals surface area (Å²) < 4.78 is 65.1. The van der Waals surface area contributed by atoms with Gasteiger partial charge in [-0.15, -0.1) is 0 Å². The Labute approximate surface area is 140 Å². The number of hydrogen-bond donors (Lipinski definition) is 1. The summed E-state index contributed by atoms with van der Waals surface area (Å²) in [4.78, 5) is 15.2. The molecule has 2 aromatic rings. The minimum absolute atomic E-state index is 0.0826. The highest BCUT2D eigenvalue weighted by atomic mass is 32.2. The summed E-state index contributed by atoms with van der Waals surface area (Å²) in [6.45, 7) is 6.63. The fraction of sp³-hybridized carbons (Fsp3) is 0.462. The molecule has 2 heterocycles. The fourth-order valence-electron chi connectivity index (χ4n) is 2.10. The maximum Gasteiger partial charge on any atom is 0.534 e. The Bertz CT molecular complexity index is 958. The highest BCUT2D eigenvalue weighted by Gasteiger charge is 2.49. The molecule has 12 heteroatoms. The highest BCUT2D eigenvalue weighted by molar-refractivity contribution is 7.87. The summed E-state index contributed by atoms with van der Waals surface area (Å²) in [5.74, 6) is -2.49. The van der Waals surface area contributed by atoms with E-state index in [1.54, 1.807) is 20.8 Å². The van der Waals surface area contributed by atoms with Crippen LogP contribution in [0.2, 0.25) is 0 Å². The minimum Gasteiger partial charge on any atom is -0.478 e. The van der Waals surface area contributed by atoms with Crippen molar-refractivity contribution < 1.29 is 35.7 Å². The quantitative estimate of drug-likeness (QED) is 0.642. The number of halogens is 3. The molecule has 0 fully saturated rings. The maximum absolute atomic E-state index is 12.5. The van der Waals surface area contributed by atoms with E-state index in [1.807, 2.05) is 0 Å². The third kappa shape index (κ3) is 3.38. The zero-order valence-corrected chi connectivity index (χ0v) is 14.4. The number of rotatable bonds is 3. The summed E-state index contributed by atoms with van der Waals surface area (Å²) in [7, 11) is -5.99. The van der Waals surface area contributed by atoms with Crippen LogP contribution < -0.4 is 4.18 Å². The van der Waals surface area contributed by atoms with Crippen LogP contribution in [0.15, 0.2) is 6.07 Å². The predicted molar refractivity (Wildman–Crippen MR) is 79.8 cm³/mol. The van der Waals surface area contributed by atoms with E-state index in [-0.39, 0.29) is 16.7 Å². The molecule has 0 amide bonds. The summed E-state index contributed by atoms with van der Waals surface area (Å²) >= 11 is 0. The number of carbonyl (C=O) groups is 1. The monoisotopic (exact) mass is 381 g/mol. The van der Waals surface area contributed by atoms with E-state index in [2.05, 4.69) is 14.3 Å². The summed E-state index contributed by atoms with van der Waals surface area (Å²) in [5.41, 5.74) is -6.66. The number of aryl methyl sites for hydroxylation is 1. The van der Waals surface area contributed by atoms with E-state index in [9.17, 15) is 31.5 Å². The predicted octanol–water partition coefficient (Wildman–Crippen LogP) is 2.42. The van der Waals surface area contributed by atoms with Gasteiger partial charge in [0.05, 0.1) is 22.2 Å². The molecule has 0 unspecified atom stereocenters. The number of carboxylic acid groups (broad SMARTS) is 1. The number of nitrogens with zero attached hydrogens (tertiary/aromatic N) is 3. The third-order valence-corrected chi connectivity index (χ3v) is 4.09. The average Bonchev–Trinajstić information content (AvgIpc) is 2.73. The number of pyridine rings is 1. The third-order valence-electron chi connectivity index (χ3n) is 3.13. The van der Waals surface area contributed by atoms with Crippen LogP contribution in [-0.4, -0.2) is 39.8 Å². The van der Waals surface area contributed by atoms with Crippen LogP contribution in [0.1, 0.15) is 36.8 Å². The molecule has 0 bridgehead atoms. The number of fused-ring (bicyclic) bond motifs is 1. The van der Waals surface area contributed by atoms with Crippen molar-refractivity contribution in [2.75, 3.05) is 0 Å². The van der Waals surface area contributed by atoms with Crippen LogP contribution in [-0.2, 0) is 15.7 Å². The molecule has 0 aliphatic carbocycles. The zero-order chi connectivity index (χ0) is 19.4. The van der Waals surface area contributed by atoms with E-state index >= 15 is 0 Å². The first-order valence-electron chi connectivity index (χ1n) is 6.80. The first-order valence-corrected chi connectivity index (χ1v) is 8.21. The first-order chi connectivity index (χ1) is 11.1. The van der Waals surface area contributed by atoms with Gasteiger partial charge in [-0.05, 0) is 27.7 Å². The van der Waals surface area contributed by atoms with Gasteiger partial charge in [0.2, 0.25) is 5.88 Å². The molecule has 0 atom stereocenters. The Kier molecular flexibility index (Phi) is 4.23. The van der Waals surface area contributed by atoms with E-state index in [4.69, 9.17) is 0 Å². The topological polar surface area (TPSA) is 111 Å². The van der Waals surface area contributed by atoms with Crippen molar-refractivity contribution in [2.24, 2.45) is 0 Å². The van der Waals surface area contributed by atoms with Gasteiger partial charge in [0.15, 0.2) is 5.65 Å². The van der Waals surface area contributed by atoms with Crippen molar-refractivity contribution in [2.45, 2.75) is 38.7 Å². The molecule has 25 heavy (non-hydrogen) atoms. The largest absolute Gasteiger partial charge is 0.534 e. The molecule has 0 saturated heterocycles. The van der Waals surface area contributed by atoms with Crippen LogP contribution >= 0.6 is 0 Å². The second kappa shape index (κ2) is 5.58. The van der Waals surface area contributed by atoms with Gasteiger partial charge in [-0.2, -0.15) is 31.7 Å². The zero-order valence-electron chi connectivity index (χ0n) is 13.5. The van der Waals surface area contributed by atoms with Crippen molar-refractivity contribution in [1.29, 1.82) is 0 Å². The smallest absolute Gasteiger partial charge is 0.478 e. The Morgan fingerprint density at radius 3 is 2.28 bits per heavy atom. The number of alkyl halides is 3. The standard InChI is InChI=1S/C13H14F3N3O5S/c1-6-9-7(11(20)21)5-8(24-25(22,23)13(14,15)16)17-10(9)19(18-6)12(2,3)4/h5H,1-4H3,(H,20,21). The van der Waals surface area contributed by atoms with Gasteiger partial charge in [0.1, 0.15) is 0 Å². The second-order valence-electron chi connectivity index (χ2n) is 6.16. The Morgan fingerprint density at radius 2 is 1.84 bits per heavy atom. The van der Waals surface area contributed by atoms with Crippen molar-refractivity contribution in [1.82, 2.24) is 14.8 Å². The van der Waals surface area contributed by atoms with Crippen LogP contribution in [0.5, 0.6) is 5.88 Å². The SMILES string of the molecule is Cc1nn(C(C)(C)C)c2nc(OS(=O)(=O)C(F)(F)F)cc(C(=O)O)c12. The van der Waals surface area contributed by atoms with Crippen LogP contribution in [0.25, 0.3) is 11.0 Å². The molecule has 0 saturated carbocycles. The number of carboxylic acids is 1. The second-order valence-corrected chi connectivity index (χ2v) is 7.70. The normalized spacial score (nSPS) is 13.2.